The molecule has 0 aromatic heterocycles. The average Bonchev–Trinajstić information content (AvgIpc) is 2.72. The van der Waals surface area contributed by atoms with Crippen molar-refractivity contribution in [1.82, 2.24) is 4.90 Å². The quantitative estimate of drug-likeness (QED) is 0.274. The molecule has 4 rings (SSSR count). The fourth-order valence-corrected chi connectivity index (χ4v) is 5.69. The molecular formula is C24H29N3O7. The highest BCUT2D eigenvalue weighted by molar-refractivity contribution is 6.24. The summed E-state index contributed by atoms with van der Waals surface area (Å²) in [5.74, 6) is -6.57. The van der Waals surface area contributed by atoms with Gasteiger partial charge < -0.3 is 31.5 Å². The van der Waals surface area contributed by atoms with Crippen LogP contribution in [0.5, 0.6) is 5.75 Å². The van der Waals surface area contributed by atoms with Crippen molar-refractivity contribution in [1.29, 1.82) is 0 Å². The Morgan fingerprint density at radius 1 is 1.21 bits per heavy atom. The Morgan fingerprint density at radius 3 is 2.41 bits per heavy atom. The Hall–Kier alpha value is -3.37. The molecule has 1 amide bonds. The van der Waals surface area contributed by atoms with Crippen molar-refractivity contribution in [3.8, 4) is 5.75 Å². The lowest BCUT2D eigenvalue weighted by Gasteiger charge is -2.50. The number of nitrogens with two attached hydrogens (primary N) is 1. The molecule has 1 aromatic carbocycles. The van der Waals surface area contributed by atoms with Crippen LogP contribution in [0, 0.1) is 11.8 Å². The summed E-state index contributed by atoms with van der Waals surface area (Å²) < 4.78 is 0. The van der Waals surface area contributed by atoms with Crippen molar-refractivity contribution >= 4 is 28.9 Å². The van der Waals surface area contributed by atoms with E-state index in [1.165, 1.54) is 11.0 Å². The Morgan fingerprint density at radius 2 is 1.85 bits per heavy atom. The molecule has 3 aliphatic rings. The summed E-state index contributed by atoms with van der Waals surface area (Å²) in [7, 11) is 3.13. The molecule has 0 saturated heterocycles. The van der Waals surface area contributed by atoms with Crippen LogP contribution in [0.15, 0.2) is 29.0 Å². The Kier molecular flexibility index (Phi) is 5.49. The van der Waals surface area contributed by atoms with Gasteiger partial charge in [-0.15, -0.1) is 0 Å². The van der Waals surface area contributed by atoms with Crippen molar-refractivity contribution in [2.75, 3.05) is 19.4 Å². The zero-order valence-corrected chi connectivity index (χ0v) is 19.4. The molecule has 1 fully saturated rings. The van der Waals surface area contributed by atoms with Crippen LogP contribution >= 0.6 is 0 Å². The number of anilines is 1. The summed E-state index contributed by atoms with van der Waals surface area (Å²) in [6.07, 6.45) is 0.306. The van der Waals surface area contributed by atoms with Gasteiger partial charge in [-0.05, 0) is 64.4 Å². The SMILES string of the molecule is CC(C)Nc1ccc(O)c2c1CC1CC3[C@H](N(C)C)C(=O)C(C(N)=O)=C(O)C3(O)C(=O)C1=C2O. The van der Waals surface area contributed by atoms with Gasteiger partial charge >= 0.3 is 0 Å². The number of hydrogen-bond acceptors (Lipinski definition) is 9. The Labute approximate surface area is 196 Å². The van der Waals surface area contributed by atoms with Crippen LogP contribution in [0.3, 0.4) is 0 Å². The molecule has 0 aliphatic heterocycles. The lowest BCUT2D eigenvalue weighted by Crippen LogP contribution is -2.65. The van der Waals surface area contributed by atoms with E-state index in [0.717, 1.165) is 0 Å². The highest BCUT2D eigenvalue weighted by atomic mass is 16.3. The summed E-state index contributed by atoms with van der Waals surface area (Å²) >= 11 is 0. The number of rotatable bonds is 4. The third-order valence-corrected chi connectivity index (χ3v) is 7.05. The minimum absolute atomic E-state index is 0.0580. The monoisotopic (exact) mass is 471 g/mol. The van der Waals surface area contributed by atoms with Crippen LogP contribution in [-0.4, -0.2) is 74.6 Å². The number of hydrogen-bond donors (Lipinski definition) is 6. The maximum Gasteiger partial charge on any atom is 0.255 e. The number of carbonyl (C=O) groups excluding carboxylic acids is 3. The third-order valence-electron chi connectivity index (χ3n) is 7.05. The van der Waals surface area contributed by atoms with Gasteiger partial charge in [-0.2, -0.15) is 0 Å². The number of aliphatic hydroxyl groups excluding tert-OH is 2. The molecule has 0 bridgehead atoms. The second-order valence-corrected chi connectivity index (χ2v) is 9.75. The zero-order chi connectivity index (χ0) is 25.3. The molecule has 10 nitrogen and oxygen atoms in total. The van der Waals surface area contributed by atoms with Crippen LogP contribution in [0.4, 0.5) is 5.69 Å². The maximum absolute atomic E-state index is 13.7. The van der Waals surface area contributed by atoms with Gasteiger partial charge in [0.2, 0.25) is 5.78 Å². The van der Waals surface area contributed by atoms with Gasteiger partial charge in [0.15, 0.2) is 11.4 Å². The number of nitrogens with one attached hydrogen (secondary N) is 1. The molecule has 1 aromatic rings. The lowest BCUT2D eigenvalue weighted by atomic mass is 9.57. The minimum atomic E-state index is -2.63. The van der Waals surface area contributed by atoms with Crippen LogP contribution in [-0.2, 0) is 20.8 Å². The van der Waals surface area contributed by atoms with Gasteiger partial charge in [0.25, 0.3) is 5.91 Å². The van der Waals surface area contributed by atoms with Gasteiger partial charge in [-0.3, -0.25) is 19.3 Å². The molecule has 1 saturated carbocycles. The number of phenolic OH excluding ortho intramolecular Hbond substituents is 1. The first kappa shape index (κ1) is 23.8. The Bertz CT molecular complexity index is 1180. The highest BCUT2D eigenvalue weighted by Gasteiger charge is 2.64. The highest BCUT2D eigenvalue weighted by Crippen LogP contribution is 2.53. The molecule has 182 valence electrons. The molecule has 3 unspecified atom stereocenters. The molecule has 0 radical (unpaired) electrons. The first-order valence-electron chi connectivity index (χ1n) is 11.1. The van der Waals surface area contributed by atoms with E-state index in [-0.39, 0.29) is 35.8 Å². The number of nitrogens with zero attached hydrogens (tertiary/aromatic N) is 1. The summed E-state index contributed by atoms with van der Waals surface area (Å²) in [5, 5.41) is 47.3. The van der Waals surface area contributed by atoms with Crippen molar-refractivity contribution in [3.05, 3.63) is 40.2 Å². The second kappa shape index (κ2) is 7.85. The van der Waals surface area contributed by atoms with Crippen LogP contribution in [0.1, 0.15) is 31.4 Å². The van der Waals surface area contributed by atoms with Crippen molar-refractivity contribution in [2.24, 2.45) is 17.6 Å². The van der Waals surface area contributed by atoms with Crippen LogP contribution in [0.25, 0.3) is 5.76 Å². The largest absolute Gasteiger partial charge is 0.508 e. The number of carbonyl (C=O) groups is 3. The maximum atomic E-state index is 13.7. The van der Waals surface area contributed by atoms with Crippen molar-refractivity contribution in [3.63, 3.8) is 0 Å². The number of aliphatic hydroxyl groups is 3. The van der Waals surface area contributed by atoms with E-state index in [9.17, 15) is 34.8 Å². The number of aromatic hydroxyl groups is 1. The first-order chi connectivity index (χ1) is 15.8. The lowest BCUT2D eigenvalue weighted by molar-refractivity contribution is -0.153. The number of Topliss-reactive ketones (excluding diaryl/α,β-unsaturated/α-hetero) is 2. The van der Waals surface area contributed by atoms with E-state index in [0.29, 0.717) is 11.3 Å². The molecule has 10 heteroatoms. The first-order valence-corrected chi connectivity index (χ1v) is 11.1. The number of fused-ring (bicyclic) bond motifs is 3. The number of primary amides is 1. The summed E-state index contributed by atoms with van der Waals surface area (Å²) in [5.41, 5.74) is 3.06. The van der Waals surface area contributed by atoms with E-state index < -0.39 is 58.0 Å². The normalized spacial score (nSPS) is 28.7. The van der Waals surface area contributed by atoms with Gasteiger partial charge in [0, 0.05) is 23.2 Å². The van der Waals surface area contributed by atoms with E-state index in [1.807, 2.05) is 13.8 Å². The van der Waals surface area contributed by atoms with E-state index in [2.05, 4.69) is 5.32 Å². The predicted octanol–water partition coefficient (Wildman–Crippen LogP) is 0.784. The van der Waals surface area contributed by atoms with E-state index >= 15 is 0 Å². The smallest absolute Gasteiger partial charge is 0.255 e. The van der Waals surface area contributed by atoms with Gasteiger partial charge in [-0.1, -0.05) is 0 Å². The van der Waals surface area contributed by atoms with Crippen LogP contribution in [0.2, 0.25) is 0 Å². The molecule has 0 heterocycles. The number of likely N-dealkylation sites (N-methyl/N-ethyl adjacent to an activating group) is 1. The topological polar surface area (TPSA) is 173 Å². The summed E-state index contributed by atoms with van der Waals surface area (Å²) in [4.78, 5) is 40.3. The van der Waals surface area contributed by atoms with Gasteiger partial charge in [-0.25, -0.2) is 0 Å². The fraction of sp³-hybridized carbons (Fsp3) is 0.458. The van der Waals surface area contributed by atoms with E-state index in [4.69, 9.17) is 5.73 Å². The number of phenols is 1. The standard InChI is InChI=1S/C24H29N3O7/c1-9(2)26-13-5-6-14(28)16-11(13)7-10-8-12-18(27(3)4)20(30)17(23(25)33)22(32)24(12,34)21(31)15(10)19(16)29/h5-6,9-10,12,18,26,28-29,32,34H,7-8H2,1-4H3,(H2,25,33)/t10?,12?,18-,24?/m0/s1. The fourth-order valence-electron chi connectivity index (χ4n) is 5.69. The zero-order valence-electron chi connectivity index (χ0n) is 19.4. The Balaban J connectivity index is 1.96. The molecule has 4 atom stereocenters. The molecule has 7 N–H and O–H groups in total. The van der Waals surface area contributed by atoms with E-state index in [1.54, 1.807) is 20.2 Å². The summed E-state index contributed by atoms with van der Waals surface area (Å²) in [6, 6.07) is 2.04. The third kappa shape index (κ3) is 3.13. The van der Waals surface area contributed by atoms with Crippen molar-refractivity contribution < 1.29 is 34.8 Å². The number of benzene rings is 1. The van der Waals surface area contributed by atoms with Crippen molar-refractivity contribution in [2.45, 2.75) is 44.4 Å². The average molecular weight is 472 g/mol. The minimum Gasteiger partial charge on any atom is -0.508 e. The van der Waals surface area contributed by atoms with Crippen LogP contribution < -0.4 is 11.1 Å². The summed E-state index contributed by atoms with van der Waals surface area (Å²) in [6.45, 7) is 3.88. The second-order valence-electron chi connectivity index (χ2n) is 9.75. The van der Waals surface area contributed by atoms with Gasteiger partial charge in [0.1, 0.15) is 22.8 Å². The number of amides is 1. The number of ketones is 2. The molecule has 34 heavy (non-hydrogen) atoms. The predicted molar refractivity (Wildman–Crippen MR) is 123 cm³/mol. The molecular weight excluding hydrogens is 442 g/mol. The molecule has 3 aliphatic carbocycles. The van der Waals surface area contributed by atoms with Gasteiger partial charge in [0.05, 0.1) is 11.6 Å². The molecule has 0 spiro atoms.